The molecule has 0 unspecified atom stereocenters. The standard InChI is InChI=1S/C26H17ClN2O2/c27-21-11-5-2-8-18(21)14-16-24(30)28-22-12-6-4-10-20(22)26-29-23-15-13-17-7-1-3-9-19(17)25(23)31-26/h1-16H,(H,28,30). The Morgan fingerprint density at radius 2 is 1.68 bits per heavy atom. The van der Waals surface area contributed by atoms with Gasteiger partial charge in [-0.1, -0.05) is 72.3 Å². The first-order chi connectivity index (χ1) is 15.2. The van der Waals surface area contributed by atoms with E-state index in [1.807, 2.05) is 78.9 Å². The number of rotatable bonds is 4. The number of fused-ring (bicyclic) bond motifs is 3. The number of carbonyl (C=O) groups is 1. The molecule has 4 nitrogen and oxygen atoms in total. The Kier molecular flexibility index (Phi) is 4.98. The second kappa shape index (κ2) is 8.09. The molecule has 1 N–H and O–H groups in total. The summed E-state index contributed by atoms with van der Waals surface area (Å²) < 4.78 is 6.14. The van der Waals surface area contributed by atoms with E-state index in [1.54, 1.807) is 12.1 Å². The third-order valence-electron chi connectivity index (χ3n) is 5.01. The van der Waals surface area contributed by atoms with Crippen LogP contribution in [0.1, 0.15) is 5.56 Å². The van der Waals surface area contributed by atoms with Crippen molar-refractivity contribution in [1.29, 1.82) is 0 Å². The van der Waals surface area contributed by atoms with E-state index in [1.165, 1.54) is 6.08 Å². The first-order valence-electron chi connectivity index (χ1n) is 9.80. The summed E-state index contributed by atoms with van der Waals surface area (Å²) in [6, 6.07) is 26.8. The Balaban J connectivity index is 1.47. The van der Waals surface area contributed by atoms with Crippen LogP contribution in [0.4, 0.5) is 5.69 Å². The van der Waals surface area contributed by atoms with Crippen LogP contribution in [-0.2, 0) is 4.79 Å². The quantitative estimate of drug-likeness (QED) is 0.317. The number of aromatic nitrogens is 1. The van der Waals surface area contributed by atoms with Gasteiger partial charge >= 0.3 is 0 Å². The maximum absolute atomic E-state index is 12.5. The summed E-state index contributed by atoms with van der Waals surface area (Å²) in [5.74, 6) is 0.186. The molecule has 0 atom stereocenters. The second-order valence-electron chi connectivity index (χ2n) is 7.04. The fraction of sp³-hybridized carbons (Fsp3) is 0. The molecule has 31 heavy (non-hydrogen) atoms. The summed E-state index contributed by atoms with van der Waals surface area (Å²) in [6.45, 7) is 0. The number of amides is 1. The number of nitrogens with zero attached hydrogens (tertiary/aromatic N) is 1. The molecule has 5 rings (SSSR count). The van der Waals surface area contributed by atoms with Gasteiger partial charge in [0.25, 0.3) is 0 Å². The van der Waals surface area contributed by atoms with E-state index < -0.39 is 0 Å². The van der Waals surface area contributed by atoms with Gasteiger partial charge in [0.15, 0.2) is 5.58 Å². The Morgan fingerprint density at radius 1 is 0.903 bits per heavy atom. The maximum Gasteiger partial charge on any atom is 0.248 e. The van der Waals surface area contributed by atoms with Gasteiger partial charge < -0.3 is 9.73 Å². The zero-order valence-electron chi connectivity index (χ0n) is 16.4. The SMILES string of the molecule is O=C(C=Cc1ccccc1Cl)Nc1ccccc1-c1nc2ccc3ccccc3c2o1. The Labute approximate surface area is 183 Å². The molecule has 1 aromatic heterocycles. The molecule has 1 heterocycles. The number of nitrogens with one attached hydrogen (secondary N) is 1. The van der Waals surface area contributed by atoms with E-state index in [-0.39, 0.29) is 5.91 Å². The van der Waals surface area contributed by atoms with Crippen molar-refractivity contribution in [2.24, 2.45) is 0 Å². The van der Waals surface area contributed by atoms with E-state index in [4.69, 9.17) is 16.0 Å². The highest BCUT2D eigenvalue weighted by atomic mass is 35.5. The Hall–Kier alpha value is -3.89. The summed E-state index contributed by atoms with van der Waals surface area (Å²) >= 11 is 6.15. The normalized spacial score (nSPS) is 11.4. The average molecular weight is 425 g/mol. The van der Waals surface area contributed by atoms with Crippen molar-refractivity contribution in [2.45, 2.75) is 0 Å². The molecule has 0 aliphatic rings. The molecule has 0 saturated heterocycles. The zero-order chi connectivity index (χ0) is 21.2. The molecule has 4 aromatic carbocycles. The van der Waals surface area contributed by atoms with Crippen molar-refractivity contribution >= 4 is 51.1 Å². The number of hydrogen-bond acceptors (Lipinski definition) is 3. The summed E-state index contributed by atoms with van der Waals surface area (Å²) in [7, 11) is 0. The van der Waals surface area contributed by atoms with Gasteiger partial charge in [-0.15, -0.1) is 0 Å². The molecular weight excluding hydrogens is 408 g/mol. The molecule has 5 heteroatoms. The molecular formula is C26H17ClN2O2. The molecule has 0 radical (unpaired) electrons. The molecule has 0 spiro atoms. The molecule has 0 fully saturated rings. The molecule has 1 amide bonds. The summed E-state index contributed by atoms with van der Waals surface area (Å²) in [6.07, 6.45) is 3.14. The Bertz CT molecular complexity index is 1450. The van der Waals surface area contributed by atoms with E-state index in [9.17, 15) is 4.79 Å². The molecule has 0 aliphatic carbocycles. The minimum atomic E-state index is -0.270. The van der Waals surface area contributed by atoms with Gasteiger partial charge in [-0.2, -0.15) is 0 Å². The van der Waals surface area contributed by atoms with Gasteiger partial charge in [-0.05, 0) is 41.3 Å². The molecule has 0 saturated carbocycles. The van der Waals surface area contributed by atoms with Crippen LogP contribution in [0.5, 0.6) is 0 Å². The summed E-state index contributed by atoms with van der Waals surface area (Å²) in [5, 5.41) is 5.59. The van der Waals surface area contributed by atoms with Gasteiger partial charge in [0.1, 0.15) is 5.52 Å². The molecule has 0 bridgehead atoms. The highest BCUT2D eigenvalue weighted by Gasteiger charge is 2.15. The maximum atomic E-state index is 12.5. The predicted molar refractivity (Wildman–Crippen MR) is 126 cm³/mol. The largest absolute Gasteiger partial charge is 0.435 e. The lowest BCUT2D eigenvalue weighted by Crippen LogP contribution is -2.08. The highest BCUT2D eigenvalue weighted by Crippen LogP contribution is 2.33. The van der Waals surface area contributed by atoms with E-state index in [0.29, 0.717) is 22.2 Å². The van der Waals surface area contributed by atoms with Gasteiger partial charge in [0, 0.05) is 16.5 Å². The lowest BCUT2D eigenvalue weighted by atomic mass is 10.1. The fourth-order valence-electron chi connectivity index (χ4n) is 3.50. The van der Waals surface area contributed by atoms with Crippen molar-refractivity contribution < 1.29 is 9.21 Å². The van der Waals surface area contributed by atoms with E-state index >= 15 is 0 Å². The average Bonchev–Trinajstić information content (AvgIpc) is 3.24. The van der Waals surface area contributed by atoms with Crippen LogP contribution in [-0.4, -0.2) is 10.9 Å². The lowest BCUT2D eigenvalue weighted by molar-refractivity contribution is -0.111. The lowest BCUT2D eigenvalue weighted by Gasteiger charge is -2.07. The van der Waals surface area contributed by atoms with Crippen molar-refractivity contribution in [2.75, 3.05) is 5.32 Å². The number of oxazole rings is 1. The predicted octanol–water partition coefficient (Wildman–Crippen LogP) is 6.95. The van der Waals surface area contributed by atoms with Crippen LogP contribution in [0.3, 0.4) is 0 Å². The summed E-state index contributed by atoms with van der Waals surface area (Å²) in [4.78, 5) is 17.2. The number of benzene rings is 4. The molecule has 150 valence electrons. The smallest absolute Gasteiger partial charge is 0.248 e. The van der Waals surface area contributed by atoms with Crippen molar-refractivity contribution in [1.82, 2.24) is 4.98 Å². The third-order valence-corrected chi connectivity index (χ3v) is 5.36. The minimum Gasteiger partial charge on any atom is -0.435 e. The van der Waals surface area contributed by atoms with Crippen LogP contribution in [0.15, 0.2) is 95.4 Å². The first kappa shape index (κ1) is 19.1. The second-order valence-corrected chi connectivity index (χ2v) is 7.45. The van der Waals surface area contributed by atoms with Crippen LogP contribution in [0, 0.1) is 0 Å². The monoisotopic (exact) mass is 424 g/mol. The van der Waals surface area contributed by atoms with Crippen molar-refractivity contribution in [3.63, 3.8) is 0 Å². The van der Waals surface area contributed by atoms with Crippen LogP contribution in [0.2, 0.25) is 5.02 Å². The zero-order valence-corrected chi connectivity index (χ0v) is 17.1. The van der Waals surface area contributed by atoms with Crippen LogP contribution in [0.25, 0.3) is 39.4 Å². The van der Waals surface area contributed by atoms with Crippen LogP contribution < -0.4 is 5.32 Å². The number of anilines is 1. The van der Waals surface area contributed by atoms with Crippen LogP contribution >= 0.6 is 11.6 Å². The Morgan fingerprint density at radius 3 is 2.58 bits per heavy atom. The van der Waals surface area contributed by atoms with Gasteiger partial charge in [0.2, 0.25) is 11.8 Å². The van der Waals surface area contributed by atoms with Gasteiger partial charge in [-0.3, -0.25) is 4.79 Å². The molecule has 5 aromatic rings. The van der Waals surface area contributed by atoms with Crippen molar-refractivity contribution in [3.8, 4) is 11.5 Å². The van der Waals surface area contributed by atoms with Gasteiger partial charge in [0.05, 0.1) is 11.3 Å². The van der Waals surface area contributed by atoms with Gasteiger partial charge in [-0.25, -0.2) is 4.98 Å². The topological polar surface area (TPSA) is 55.1 Å². The molecule has 0 aliphatic heterocycles. The number of carbonyl (C=O) groups excluding carboxylic acids is 1. The third kappa shape index (κ3) is 3.81. The summed E-state index contributed by atoms with van der Waals surface area (Å²) in [5.41, 5.74) is 3.61. The van der Waals surface area contributed by atoms with Crippen molar-refractivity contribution in [3.05, 3.63) is 102 Å². The number of hydrogen-bond donors (Lipinski definition) is 1. The fourth-order valence-corrected chi connectivity index (χ4v) is 3.70. The first-order valence-corrected chi connectivity index (χ1v) is 10.2. The van der Waals surface area contributed by atoms with E-state index in [2.05, 4.69) is 10.3 Å². The van der Waals surface area contributed by atoms with E-state index in [0.717, 1.165) is 27.4 Å². The number of para-hydroxylation sites is 1. The highest BCUT2D eigenvalue weighted by molar-refractivity contribution is 6.32. The minimum absolute atomic E-state index is 0.270. The number of halogens is 1.